The molecule has 0 aromatic carbocycles. The Kier molecular flexibility index (Phi) is 3.93. The number of esters is 1. The molecule has 1 aliphatic rings. The summed E-state index contributed by atoms with van der Waals surface area (Å²) in [7, 11) is 0. The van der Waals surface area contributed by atoms with Gasteiger partial charge in [0.25, 0.3) is 0 Å². The highest BCUT2D eigenvalue weighted by Gasteiger charge is 2.12. The Morgan fingerprint density at radius 2 is 2.36 bits per heavy atom. The van der Waals surface area contributed by atoms with Crippen LogP contribution in [0.4, 0.5) is 0 Å². The molecular formula is C12H18O2. The van der Waals surface area contributed by atoms with Crippen molar-refractivity contribution in [2.75, 3.05) is 6.61 Å². The van der Waals surface area contributed by atoms with Gasteiger partial charge >= 0.3 is 5.97 Å². The van der Waals surface area contributed by atoms with Crippen LogP contribution < -0.4 is 0 Å². The zero-order valence-electron chi connectivity index (χ0n) is 9.12. The van der Waals surface area contributed by atoms with Gasteiger partial charge in [0.15, 0.2) is 0 Å². The Hall–Kier alpha value is -1.05. The molecule has 1 rings (SSSR count). The Morgan fingerprint density at radius 1 is 1.64 bits per heavy atom. The Balaban J connectivity index is 2.28. The van der Waals surface area contributed by atoms with Crippen molar-refractivity contribution in [2.24, 2.45) is 11.8 Å². The van der Waals surface area contributed by atoms with Gasteiger partial charge in [0.1, 0.15) is 0 Å². The monoisotopic (exact) mass is 194 g/mol. The number of hydrogen-bond acceptors (Lipinski definition) is 2. The number of carbonyl (C=O) groups excluding carboxylic acids is 1. The molecule has 0 amide bonds. The highest BCUT2D eigenvalue weighted by Crippen LogP contribution is 2.16. The molecule has 0 bridgehead atoms. The average Bonchev–Trinajstić information content (AvgIpc) is 2.16. The van der Waals surface area contributed by atoms with Crippen molar-refractivity contribution in [1.29, 1.82) is 0 Å². The van der Waals surface area contributed by atoms with Gasteiger partial charge in [-0.2, -0.15) is 0 Å². The highest BCUT2D eigenvalue weighted by molar-refractivity contribution is 5.71. The molecule has 0 radical (unpaired) electrons. The summed E-state index contributed by atoms with van der Waals surface area (Å²) >= 11 is 0. The summed E-state index contributed by atoms with van der Waals surface area (Å²) in [5, 5.41) is 0. The van der Waals surface area contributed by atoms with Gasteiger partial charge in [-0.25, -0.2) is 0 Å². The minimum atomic E-state index is -0.107. The van der Waals surface area contributed by atoms with Crippen LogP contribution in [0, 0.1) is 11.8 Å². The predicted octanol–water partition coefficient (Wildman–Crippen LogP) is 2.71. The molecule has 2 nitrogen and oxygen atoms in total. The van der Waals surface area contributed by atoms with Crippen LogP contribution in [0.5, 0.6) is 0 Å². The van der Waals surface area contributed by atoms with E-state index in [2.05, 4.69) is 25.2 Å². The third-order valence-electron chi connectivity index (χ3n) is 2.28. The van der Waals surface area contributed by atoms with Gasteiger partial charge in [0, 0.05) is 5.92 Å². The van der Waals surface area contributed by atoms with Crippen molar-refractivity contribution in [3.8, 4) is 0 Å². The molecule has 0 aromatic rings. The molecule has 0 saturated heterocycles. The first-order valence-corrected chi connectivity index (χ1v) is 5.11. The summed E-state index contributed by atoms with van der Waals surface area (Å²) in [4.78, 5) is 11.2. The molecular weight excluding hydrogens is 176 g/mol. The largest absolute Gasteiger partial charge is 0.465 e. The predicted molar refractivity (Wildman–Crippen MR) is 56.8 cm³/mol. The standard InChI is InChI=1S/C12H18O2/c1-9(2)12(13)14-8-11-6-4-10(3)5-7-11/h4-6,9,11H,7-8H2,1-3H3. The van der Waals surface area contributed by atoms with E-state index >= 15 is 0 Å². The van der Waals surface area contributed by atoms with E-state index in [9.17, 15) is 4.79 Å². The summed E-state index contributed by atoms with van der Waals surface area (Å²) in [6.07, 6.45) is 7.35. The summed E-state index contributed by atoms with van der Waals surface area (Å²) in [6, 6.07) is 0. The third kappa shape index (κ3) is 3.36. The average molecular weight is 194 g/mol. The van der Waals surface area contributed by atoms with Gasteiger partial charge in [-0.3, -0.25) is 4.79 Å². The van der Waals surface area contributed by atoms with E-state index in [1.54, 1.807) is 0 Å². The molecule has 0 N–H and O–H groups in total. The SMILES string of the molecule is CC1=CCC(COC(=O)C(C)C)C=C1. The lowest BCUT2D eigenvalue weighted by Gasteiger charge is -2.15. The summed E-state index contributed by atoms with van der Waals surface area (Å²) in [5.41, 5.74) is 1.29. The smallest absolute Gasteiger partial charge is 0.308 e. The Bertz CT molecular complexity index is 261. The fourth-order valence-electron chi connectivity index (χ4n) is 1.25. The van der Waals surface area contributed by atoms with Gasteiger partial charge in [-0.05, 0) is 13.3 Å². The van der Waals surface area contributed by atoms with Crippen LogP contribution in [0.15, 0.2) is 23.8 Å². The molecule has 0 spiro atoms. The van der Waals surface area contributed by atoms with Gasteiger partial charge in [0.05, 0.1) is 12.5 Å². The molecule has 1 aliphatic carbocycles. The summed E-state index contributed by atoms with van der Waals surface area (Å²) < 4.78 is 5.16. The molecule has 0 saturated carbocycles. The second-order valence-corrected chi connectivity index (χ2v) is 4.09. The van der Waals surface area contributed by atoms with E-state index in [0.29, 0.717) is 12.5 Å². The molecule has 0 fully saturated rings. The van der Waals surface area contributed by atoms with Crippen LogP contribution >= 0.6 is 0 Å². The summed E-state index contributed by atoms with van der Waals surface area (Å²) in [6.45, 7) is 6.29. The first-order valence-electron chi connectivity index (χ1n) is 5.11. The molecule has 0 aromatic heterocycles. The van der Waals surface area contributed by atoms with Gasteiger partial charge in [0.2, 0.25) is 0 Å². The van der Waals surface area contributed by atoms with E-state index in [1.165, 1.54) is 5.57 Å². The van der Waals surface area contributed by atoms with Crippen molar-refractivity contribution in [1.82, 2.24) is 0 Å². The molecule has 78 valence electrons. The van der Waals surface area contributed by atoms with Crippen LogP contribution in [-0.4, -0.2) is 12.6 Å². The van der Waals surface area contributed by atoms with E-state index in [0.717, 1.165) is 6.42 Å². The van der Waals surface area contributed by atoms with Crippen molar-refractivity contribution in [2.45, 2.75) is 27.2 Å². The minimum Gasteiger partial charge on any atom is -0.465 e. The normalized spacial score (nSPS) is 20.9. The lowest BCUT2D eigenvalue weighted by atomic mass is 9.98. The van der Waals surface area contributed by atoms with Crippen LogP contribution in [-0.2, 0) is 9.53 Å². The van der Waals surface area contributed by atoms with E-state index in [-0.39, 0.29) is 11.9 Å². The van der Waals surface area contributed by atoms with Crippen molar-refractivity contribution >= 4 is 5.97 Å². The Labute approximate surface area is 85.6 Å². The van der Waals surface area contributed by atoms with Gasteiger partial charge < -0.3 is 4.74 Å². The fraction of sp³-hybridized carbons (Fsp3) is 0.583. The number of allylic oxidation sites excluding steroid dienone is 3. The zero-order chi connectivity index (χ0) is 10.6. The molecule has 1 atom stereocenters. The lowest BCUT2D eigenvalue weighted by molar-refractivity contribution is -0.148. The van der Waals surface area contributed by atoms with Crippen LogP contribution in [0.3, 0.4) is 0 Å². The number of hydrogen-bond donors (Lipinski definition) is 0. The first kappa shape index (κ1) is 11.0. The second-order valence-electron chi connectivity index (χ2n) is 4.09. The van der Waals surface area contributed by atoms with E-state index < -0.39 is 0 Å². The first-order chi connectivity index (χ1) is 6.59. The van der Waals surface area contributed by atoms with E-state index in [4.69, 9.17) is 4.74 Å². The molecule has 0 aliphatic heterocycles. The minimum absolute atomic E-state index is 0.0279. The number of ether oxygens (including phenoxy) is 1. The van der Waals surface area contributed by atoms with Crippen LogP contribution in [0.1, 0.15) is 27.2 Å². The number of rotatable bonds is 3. The number of carbonyl (C=O) groups is 1. The fourth-order valence-corrected chi connectivity index (χ4v) is 1.25. The quantitative estimate of drug-likeness (QED) is 0.646. The highest BCUT2D eigenvalue weighted by atomic mass is 16.5. The maximum Gasteiger partial charge on any atom is 0.308 e. The third-order valence-corrected chi connectivity index (χ3v) is 2.28. The van der Waals surface area contributed by atoms with Gasteiger partial charge in [-0.1, -0.05) is 37.6 Å². The van der Waals surface area contributed by atoms with E-state index in [1.807, 2.05) is 13.8 Å². The summed E-state index contributed by atoms with van der Waals surface area (Å²) in [5.74, 6) is 0.228. The van der Waals surface area contributed by atoms with Crippen LogP contribution in [0.2, 0.25) is 0 Å². The molecule has 2 heteroatoms. The van der Waals surface area contributed by atoms with Crippen molar-refractivity contribution < 1.29 is 9.53 Å². The van der Waals surface area contributed by atoms with Crippen LogP contribution in [0.25, 0.3) is 0 Å². The zero-order valence-corrected chi connectivity index (χ0v) is 9.12. The van der Waals surface area contributed by atoms with Crippen molar-refractivity contribution in [3.05, 3.63) is 23.8 Å². The molecule has 1 unspecified atom stereocenters. The molecule has 0 heterocycles. The van der Waals surface area contributed by atoms with Gasteiger partial charge in [-0.15, -0.1) is 0 Å². The molecule has 14 heavy (non-hydrogen) atoms. The Morgan fingerprint density at radius 3 is 2.86 bits per heavy atom. The van der Waals surface area contributed by atoms with Crippen molar-refractivity contribution in [3.63, 3.8) is 0 Å². The second kappa shape index (κ2) is 4.99. The maximum absolute atomic E-state index is 11.2. The maximum atomic E-state index is 11.2. The lowest BCUT2D eigenvalue weighted by Crippen LogP contribution is -2.17. The topological polar surface area (TPSA) is 26.3 Å².